The Bertz CT molecular complexity index is 1210. The molecule has 164 valence electrons. The van der Waals surface area contributed by atoms with Crippen molar-refractivity contribution in [3.63, 3.8) is 0 Å². The highest BCUT2D eigenvalue weighted by Crippen LogP contribution is 2.36. The molecule has 0 saturated carbocycles. The zero-order valence-corrected chi connectivity index (χ0v) is 18.6. The highest BCUT2D eigenvalue weighted by molar-refractivity contribution is 7.90. The van der Waals surface area contributed by atoms with Gasteiger partial charge in [0.1, 0.15) is 11.5 Å². The quantitative estimate of drug-likeness (QED) is 0.673. The lowest BCUT2D eigenvalue weighted by molar-refractivity contribution is 0.0910. The number of aromatic amines is 1. The fourth-order valence-electron chi connectivity index (χ4n) is 4.23. The largest absolute Gasteiger partial charge is 0.354 e. The van der Waals surface area contributed by atoms with E-state index in [-0.39, 0.29) is 16.1 Å². The number of rotatable bonds is 4. The average molecular weight is 443 g/mol. The second kappa shape index (κ2) is 7.64. The zero-order valence-electron chi connectivity index (χ0n) is 17.8. The van der Waals surface area contributed by atoms with Gasteiger partial charge in [-0.05, 0) is 48.9 Å². The third-order valence-electron chi connectivity index (χ3n) is 5.66. The van der Waals surface area contributed by atoms with Gasteiger partial charge in [0, 0.05) is 36.3 Å². The molecule has 0 fully saturated rings. The van der Waals surface area contributed by atoms with Gasteiger partial charge in [-0.25, -0.2) is 8.42 Å². The zero-order chi connectivity index (χ0) is 22.4. The van der Waals surface area contributed by atoms with Gasteiger partial charge in [0.15, 0.2) is 5.78 Å². The molecule has 0 bridgehead atoms. The molecule has 8 nitrogen and oxygen atoms in total. The van der Waals surface area contributed by atoms with E-state index in [2.05, 4.69) is 20.0 Å². The molecule has 1 aromatic carbocycles. The van der Waals surface area contributed by atoms with Crippen molar-refractivity contribution in [1.82, 2.24) is 9.71 Å². The van der Waals surface area contributed by atoms with Crippen molar-refractivity contribution >= 4 is 33.2 Å². The molecule has 1 aromatic heterocycles. The molecule has 2 heterocycles. The normalized spacial score (nSPS) is 17.8. The standard InChI is InChI=1S/C22H26N4O4S/c1-13-19-16(11-22(2,3)12-17(19)27)25-20(13)21(28)24-14-6-4-7-15(10-14)31(29,30)26-18-8-5-9-23-18/h4,6-7,10,25H,5,8-9,11-12H2,1-3H3,(H,23,26)(H,24,28). The van der Waals surface area contributed by atoms with Gasteiger partial charge in [0.25, 0.3) is 15.9 Å². The average Bonchev–Trinajstić information content (AvgIpc) is 3.28. The first kappa shape index (κ1) is 21.3. The molecule has 3 N–H and O–H groups in total. The van der Waals surface area contributed by atoms with E-state index in [0.29, 0.717) is 54.2 Å². The third kappa shape index (κ3) is 4.27. The number of ketones is 1. The fourth-order valence-corrected chi connectivity index (χ4v) is 5.37. The minimum atomic E-state index is -3.78. The highest BCUT2D eigenvalue weighted by atomic mass is 32.2. The van der Waals surface area contributed by atoms with Gasteiger partial charge in [-0.3, -0.25) is 19.3 Å². The second-order valence-corrected chi connectivity index (χ2v) is 10.6. The Morgan fingerprint density at radius 1 is 1.23 bits per heavy atom. The van der Waals surface area contributed by atoms with Crippen LogP contribution >= 0.6 is 0 Å². The van der Waals surface area contributed by atoms with Crippen LogP contribution in [0.15, 0.2) is 34.2 Å². The summed E-state index contributed by atoms with van der Waals surface area (Å²) in [5, 5.41) is 2.75. The van der Waals surface area contributed by atoms with Crippen LogP contribution in [0.4, 0.5) is 5.69 Å². The van der Waals surface area contributed by atoms with Gasteiger partial charge < -0.3 is 10.3 Å². The van der Waals surface area contributed by atoms with Crippen molar-refractivity contribution in [2.24, 2.45) is 10.4 Å². The predicted octanol–water partition coefficient (Wildman–Crippen LogP) is 3.20. The number of carbonyl (C=O) groups excluding carboxylic acids is 2. The lowest BCUT2D eigenvalue weighted by atomic mass is 9.75. The summed E-state index contributed by atoms with van der Waals surface area (Å²) < 4.78 is 27.8. The number of Topliss-reactive ketones (excluding diaryl/α,β-unsaturated/α-hetero) is 1. The van der Waals surface area contributed by atoms with Crippen molar-refractivity contribution < 1.29 is 18.0 Å². The molecule has 31 heavy (non-hydrogen) atoms. The van der Waals surface area contributed by atoms with Crippen LogP contribution in [-0.4, -0.2) is 37.5 Å². The van der Waals surface area contributed by atoms with Crippen LogP contribution in [0.25, 0.3) is 0 Å². The smallest absolute Gasteiger partial charge is 0.272 e. The van der Waals surface area contributed by atoms with Gasteiger partial charge in [-0.15, -0.1) is 0 Å². The lowest BCUT2D eigenvalue weighted by Crippen LogP contribution is -2.29. The number of hydrogen-bond donors (Lipinski definition) is 3. The maximum absolute atomic E-state index is 12.9. The maximum Gasteiger partial charge on any atom is 0.272 e. The summed E-state index contributed by atoms with van der Waals surface area (Å²) in [5.41, 5.74) is 2.51. The number of aliphatic imine (C=N–C) groups is 1. The van der Waals surface area contributed by atoms with Crippen LogP contribution in [0.2, 0.25) is 0 Å². The van der Waals surface area contributed by atoms with Gasteiger partial charge in [0.2, 0.25) is 0 Å². The Balaban J connectivity index is 1.56. The number of benzene rings is 1. The molecule has 0 unspecified atom stereocenters. The molecule has 4 rings (SSSR count). The van der Waals surface area contributed by atoms with E-state index in [0.717, 1.165) is 12.1 Å². The Labute approximate surface area is 181 Å². The van der Waals surface area contributed by atoms with Crippen LogP contribution in [-0.2, 0) is 16.4 Å². The first-order valence-corrected chi connectivity index (χ1v) is 11.8. The van der Waals surface area contributed by atoms with Crippen LogP contribution in [0.3, 0.4) is 0 Å². The minimum absolute atomic E-state index is 0.0352. The summed E-state index contributed by atoms with van der Waals surface area (Å²) in [7, 11) is -3.78. The first-order valence-electron chi connectivity index (χ1n) is 10.3. The lowest BCUT2D eigenvalue weighted by Gasteiger charge is -2.28. The van der Waals surface area contributed by atoms with E-state index in [1.54, 1.807) is 19.1 Å². The Morgan fingerprint density at radius 3 is 2.71 bits per heavy atom. The van der Waals surface area contributed by atoms with E-state index in [9.17, 15) is 18.0 Å². The number of carbonyl (C=O) groups is 2. The summed E-state index contributed by atoms with van der Waals surface area (Å²) >= 11 is 0. The van der Waals surface area contributed by atoms with E-state index in [4.69, 9.17) is 0 Å². The number of H-pyrrole nitrogens is 1. The van der Waals surface area contributed by atoms with Crippen molar-refractivity contribution in [3.8, 4) is 0 Å². The summed E-state index contributed by atoms with van der Waals surface area (Å²) in [6, 6.07) is 6.06. The molecule has 0 atom stereocenters. The molecule has 0 saturated heterocycles. The molecular formula is C22H26N4O4S. The number of nitrogens with zero attached hydrogens (tertiary/aromatic N) is 1. The number of hydrogen-bond acceptors (Lipinski definition) is 5. The third-order valence-corrected chi connectivity index (χ3v) is 7.04. The number of sulfonamides is 1. The van der Waals surface area contributed by atoms with Crippen molar-refractivity contribution in [1.29, 1.82) is 0 Å². The number of amidine groups is 1. The molecule has 0 radical (unpaired) electrons. The van der Waals surface area contributed by atoms with Crippen LogP contribution < -0.4 is 10.0 Å². The van der Waals surface area contributed by atoms with Crippen molar-refractivity contribution in [3.05, 3.63) is 46.8 Å². The van der Waals surface area contributed by atoms with Crippen LogP contribution in [0.1, 0.15) is 65.2 Å². The van der Waals surface area contributed by atoms with Crippen LogP contribution in [0.5, 0.6) is 0 Å². The van der Waals surface area contributed by atoms with Gasteiger partial charge in [-0.2, -0.15) is 0 Å². The number of nitrogens with one attached hydrogen (secondary N) is 3. The molecule has 9 heteroatoms. The Kier molecular flexibility index (Phi) is 5.25. The topological polar surface area (TPSA) is 120 Å². The molecule has 2 aliphatic rings. The number of fused-ring (bicyclic) bond motifs is 1. The molecule has 1 amide bonds. The summed E-state index contributed by atoms with van der Waals surface area (Å²) in [6.45, 7) is 6.43. The molecule has 1 aliphatic carbocycles. The highest BCUT2D eigenvalue weighted by Gasteiger charge is 2.35. The van der Waals surface area contributed by atoms with Gasteiger partial charge in [0.05, 0.1) is 4.90 Å². The second-order valence-electron chi connectivity index (χ2n) is 8.94. The van der Waals surface area contributed by atoms with Crippen molar-refractivity contribution in [2.75, 3.05) is 11.9 Å². The number of aromatic nitrogens is 1. The molecule has 1 aliphatic heterocycles. The van der Waals surface area contributed by atoms with E-state index in [1.807, 2.05) is 13.8 Å². The maximum atomic E-state index is 12.9. The molecule has 2 aromatic rings. The van der Waals surface area contributed by atoms with E-state index >= 15 is 0 Å². The van der Waals surface area contributed by atoms with Crippen molar-refractivity contribution in [2.45, 2.75) is 51.3 Å². The summed E-state index contributed by atoms with van der Waals surface area (Å²) in [4.78, 5) is 32.8. The summed E-state index contributed by atoms with van der Waals surface area (Å²) in [5.74, 6) is 0.0721. The molecular weight excluding hydrogens is 416 g/mol. The first-order chi connectivity index (χ1) is 14.6. The minimum Gasteiger partial charge on any atom is -0.354 e. The van der Waals surface area contributed by atoms with E-state index in [1.165, 1.54) is 12.1 Å². The van der Waals surface area contributed by atoms with Gasteiger partial charge in [-0.1, -0.05) is 19.9 Å². The monoisotopic (exact) mass is 442 g/mol. The molecule has 0 spiro atoms. The van der Waals surface area contributed by atoms with E-state index < -0.39 is 15.9 Å². The predicted molar refractivity (Wildman–Crippen MR) is 118 cm³/mol. The number of anilines is 1. The van der Waals surface area contributed by atoms with Crippen LogP contribution in [0, 0.1) is 12.3 Å². The fraction of sp³-hybridized carbons (Fsp3) is 0.409. The van der Waals surface area contributed by atoms with Gasteiger partial charge >= 0.3 is 0 Å². The SMILES string of the molecule is Cc1c(C(=O)Nc2cccc(S(=O)(=O)NC3=NCCC3)c2)[nH]c2c1C(=O)CC(C)(C)C2. The Hall–Kier alpha value is -2.94. The summed E-state index contributed by atoms with van der Waals surface area (Å²) in [6.07, 6.45) is 2.55. The number of amides is 1. The Morgan fingerprint density at radius 2 is 2.00 bits per heavy atom.